The average Bonchev–Trinajstić information content (AvgIpc) is 2.30. The van der Waals surface area contributed by atoms with Gasteiger partial charge in [0.05, 0.1) is 6.20 Å². The van der Waals surface area contributed by atoms with Crippen LogP contribution in [0, 0.1) is 11.3 Å². The molecule has 0 aromatic carbocycles. The molecule has 0 saturated heterocycles. The number of rotatable bonds is 1. The molecule has 1 fully saturated rings. The van der Waals surface area contributed by atoms with Gasteiger partial charge in [0, 0.05) is 12.0 Å². The fraction of sp³-hybridized carbons (Fsp3) is 0.545. The summed E-state index contributed by atoms with van der Waals surface area (Å²) in [6, 6.07) is 2.27. The van der Waals surface area contributed by atoms with Crippen LogP contribution in [0.5, 0.6) is 0 Å². The van der Waals surface area contributed by atoms with E-state index in [1.807, 2.05) is 6.07 Å². The van der Waals surface area contributed by atoms with Gasteiger partial charge in [-0.15, -0.1) is 0 Å². The van der Waals surface area contributed by atoms with Crippen LogP contribution in [0.3, 0.4) is 0 Å². The number of nitrogen functional groups attached to an aromatic ring is 1. The van der Waals surface area contributed by atoms with Crippen LogP contribution in [0.25, 0.3) is 0 Å². The summed E-state index contributed by atoms with van der Waals surface area (Å²) in [6.07, 6.45) is 5.53. The Balaban J connectivity index is 2.16. The number of aromatic nitrogens is 2. The predicted octanol–water partition coefficient (Wildman–Crippen LogP) is 0.915. The first-order chi connectivity index (χ1) is 7.70. The van der Waals surface area contributed by atoms with Crippen LogP contribution in [-0.4, -0.2) is 16.0 Å². The van der Waals surface area contributed by atoms with Crippen LogP contribution >= 0.6 is 0 Å². The number of hydrogen-bond donors (Lipinski definition) is 2. The SMILES string of the molecule is N#Cc1cnc([C@H]2CC[C@H](N)CC2)nc1N. The van der Waals surface area contributed by atoms with Crippen molar-refractivity contribution >= 4 is 5.82 Å². The topological polar surface area (TPSA) is 102 Å². The van der Waals surface area contributed by atoms with E-state index in [1.165, 1.54) is 6.20 Å². The van der Waals surface area contributed by atoms with Gasteiger partial charge in [-0.25, -0.2) is 9.97 Å². The van der Waals surface area contributed by atoms with Crippen molar-refractivity contribution in [3.63, 3.8) is 0 Å². The molecule has 0 amide bonds. The number of hydrogen-bond acceptors (Lipinski definition) is 5. The summed E-state index contributed by atoms with van der Waals surface area (Å²) >= 11 is 0. The Morgan fingerprint density at radius 3 is 2.56 bits per heavy atom. The molecular weight excluding hydrogens is 202 g/mol. The maximum atomic E-state index is 8.73. The first-order valence-corrected chi connectivity index (χ1v) is 5.48. The minimum absolute atomic E-state index is 0.280. The Bertz CT molecular complexity index is 415. The molecule has 0 spiro atoms. The molecule has 0 bridgehead atoms. The van der Waals surface area contributed by atoms with E-state index in [0.29, 0.717) is 17.5 Å². The van der Waals surface area contributed by atoms with Gasteiger partial charge in [0.25, 0.3) is 0 Å². The zero-order valence-corrected chi connectivity index (χ0v) is 9.06. The number of nitrogens with two attached hydrogens (primary N) is 2. The molecule has 0 aliphatic heterocycles. The van der Waals surface area contributed by atoms with Gasteiger partial charge >= 0.3 is 0 Å². The van der Waals surface area contributed by atoms with Crippen molar-refractivity contribution in [1.29, 1.82) is 5.26 Å². The number of anilines is 1. The Kier molecular flexibility index (Phi) is 3.02. The standard InChI is InChI=1S/C11H15N5/c12-5-8-6-15-11(16-10(8)14)7-1-3-9(13)4-2-7/h6-7,9H,1-4,13H2,(H2,14,15,16)/t7-,9-. The summed E-state index contributed by atoms with van der Waals surface area (Å²) in [5, 5.41) is 8.73. The highest BCUT2D eigenvalue weighted by atomic mass is 14.9. The molecular formula is C11H15N5. The molecule has 2 rings (SSSR count). The Morgan fingerprint density at radius 2 is 2.00 bits per heavy atom. The molecule has 84 valence electrons. The average molecular weight is 217 g/mol. The van der Waals surface area contributed by atoms with E-state index in [9.17, 15) is 0 Å². The highest BCUT2D eigenvalue weighted by molar-refractivity contribution is 5.46. The lowest BCUT2D eigenvalue weighted by Gasteiger charge is -2.24. The third-order valence-electron chi connectivity index (χ3n) is 3.09. The monoisotopic (exact) mass is 217 g/mol. The van der Waals surface area contributed by atoms with Gasteiger partial charge in [-0.2, -0.15) is 5.26 Å². The van der Waals surface area contributed by atoms with E-state index in [1.54, 1.807) is 0 Å². The second kappa shape index (κ2) is 4.45. The summed E-state index contributed by atoms with van der Waals surface area (Å²) in [7, 11) is 0. The molecule has 0 unspecified atom stereocenters. The molecule has 16 heavy (non-hydrogen) atoms. The minimum atomic E-state index is 0.280. The molecule has 4 N–H and O–H groups in total. The molecule has 0 atom stereocenters. The van der Waals surface area contributed by atoms with Crippen molar-refractivity contribution in [2.45, 2.75) is 37.6 Å². The summed E-state index contributed by atoms with van der Waals surface area (Å²) in [5.74, 6) is 1.38. The zero-order valence-electron chi connectivity index (χ0n) is 9.06. The van der Waals surface area contributed by atoms with Crippen LogP contribution in [0.15, 0.2) is 6.20 Å². The third kappa shape index (κ3) is 2.12. The summed E-state index contributed by atoms with van der Waals surface area (Å²) < 4.78 is 0. The van der Waals surface area contributed by atoms with Crippen LogP contribution < -0.4 is 11.5 Å². The smallest absolute Gasteiger partial charge is 0.145 e. The third-order valence-corrected chi connectivity index (χ3v) is 3.09. The van der Waals surface area contributed by atoms with E-state index >= 15 is 0 Å². The second-order valence-electron chi connectivity index (χ2n) is 4.25. The Labute approximate surface area is 94.5 Å². The van der Waals surface area contributed by atoms with E-state index in [2.05, 4.69) is 9.97 Å². The van der Waals surface area contributed by atoms with Gasteiger partial charge in [0.1, 0.15) is 23.3 Å². The van der Waals surface area contributed by atoms with E-state index < -0.39 is 0 Å². The second-order valence-corrected chi connectivity index (χ2v) is 4.25. The summed E-state index contributed by atoms with van der Waals surface area (Å²) in [5.41, 5.74) is 11.9. The van der Waals surface area contributed by atoms with Gasteiger partial charge in [-0.3, -0.25) is 0 Å². The number of nitriles is 1. The van der Waals surface area contributed by atoms with E-state index in [-0.39, 0.29) is 5.82 Å². The van der Waals surface area contributed by atoms with Gasteiger partial charge in [0.15, 0.2) is 0 Å². The van der Waals surface area contributed by atoms with Crippen LogP contribution in [0.2, 0.25) is 0 Å². The Hall–Kier alpha value is -1.67. The lowest BCUT2D eigenvalue weighted by Crippen LogP contribution is -2.26. The molecule has 5 nitrogen and oxygen atoms in total. The lowest BCUT2D eigenvalue weighted by atomic mass is 9.86. The van der Waals surface area contributed by atoms with Crippen molar-refractivity contribution in [3.05, 3.63) is 17.6 Å². The fourth-order valence-electron chi connectivity index (χ4n) is 2.07. The maximum absolute atomic E-state index is 8.73. The van der Waals surface area contributed by atoms with Gasteiger partial charge in [0.2, 0.25) is 0 Å². The van der Waals surface area contributed by atoms with Crippen LogP contribution in [-0.2, 0) is 0 Å². The van der Waals surface area contributed by atoms with Crippen molar-refractivity contribution in [2.75, 3.05) is 5.73 Å². The molecule has 1 aliphatic carbocycles. The Morgan fingerprint density at radius 1 is 1.31 bits per heavy atom. The van der Waals surface area contributed by atoms with E-state index in [4.69, 9.17) is 16.7 Å². The molecule has 0 radical (unpaired) electrons. The zero-order chi connectivity index (χ0) is 11.5. The van der Waals surface area contributed by atoms with Crippen LogP contribution in [0.1, 0.15) is 43.0 Å². The summed E-state index contributed by atoms with van der Waals surface area (Å²) in [6.45, 7) is 0. The normalized spacial score (nSPS) is 25.0. The van der Waals surface area contributed by atoms with Crippen molar-refractivity contribution in [3.8, 4) is 6.07 Å². The van der Waals surface area contributed by atoms with Crippen molar-refractivity contribution < 1.29 is 0 Å². The minimum Gasteiger partial charge on any atom is -0.382 e. The molecule has 1 aromatic heterocycles. The fourth-order valence-corrected chi connectivity index (χ4v) is 2.07. The highest BCUT2D eigenvalue weighted by Gasteiger charge is 2.22. The predicted molar refractivity (Wildman–Crippen MR) is 60.3 cm³/mol. The first-order valence-electron chi connectivity index (χ1n) is 5.48. The largest absolute Gasteiger partial charge is 0.382 e. The van der Waals surface area contributed by atoms with Crippen molar-refractivity contribution in [1.82, 2.24) is 9.97 Å². The molecule has 1 heterocycles. The van der Waals surface area contributed by atoms with Gasteiger partial charge < -0.3 is 11.5 Å². The quantitative estimate of drug-likeness (QED) is 0.728. The van der Waals surface area contributed by atoms with Gasteiger partial charge in [-0.05, 0) is 25.7 Å². The summed E-state index contributed by atoms with van der Waals surface area (Å²) in [4.78, 5) is 8.40. The molecule has 1 saturated carbocycles. The lowest BCUT2D eigenvalue weighted by molar-refractivity contribution is 0.385. The highest BCUT2D eigenvalue weighted by Crippen LogP contribution is 2.30. The van der Waals surface area contributed by atoms with Gasteiger partial charge in [-0.1, -0.05) is 0 Å². The van der Waals surface area contributed by atoms with Crippen LogP contribution in [0.4, 0.5) is 5.82 Å². The maximum Gasteiger partial charge on any atom is 0.145 e. The molecule has 5 heteroatoms. The first kappa shape index (κ1) is 10.8. The number of nitrogens with zero attached hydrogens (tertiary/aromatic N) is 3. The van der Waals surface area contributed by atoms with Crippen molar-refractivity contribution in [2.24, 2.45) is 5.73 Å². The molecule has 1 aromatic rings. The van der Waals surface area contributed by atoms with E-state index in [0.717, 1.165) is 31.5 Å². The molecule has 1 aliphatic rings.